The Morgan fingerprint density at radius 2 is 1.73 bits per heavy atom. The molecule has 0 aliphatic carbocycles. The van der Waals surface area contributed by atoms with Gasteiger partial charge in [-0.15, -0.1) is 0 Å². The van der Waals surface area contributed by atoms with Gasteiger partial charge in [-0.2, -0.15) is 13.5 Å². The normalized spacial score (nSPS) is 11.7. The highest BCUT2D eigenvalue weighted by atomic mass is 32.2. The Hall–Kier alpha value is -2.51. The Morgan fingerprint density at radius 1 is 1.08 bits per heavy atom. The third-order valence-electron chi connectivity index (χ3n) is 4.10. The molecule has 26 heavy (non-hydrogen) atoms. The molecule has 1 heterocycles. The number of hydrogen-bond acceptors (Lipinski definition) is 3. The summed E-state index contributed by atoms with van der Waals surface area (Å²) in [4.78, 5) is -0.109. The first kappa shape index (κ1) is 18.3. The van der Waals surface area contributed by atoms with Crippen LogP contribution in [0.15, 0.2) is 59.5 Å². The van der Waals surface area contributed by atoms with E-state index in [4.69, 9.17) is 4.55 Å². The molecular weight excluding hydrogens is 355 g/mol. The maximum Gasteiger partial charge on any atom is 0.294 e. The predicted molar refractivity (Wildman–Crippen MR) is 96.9 cm³/mol. The molecular formula is C19H19FN2O3S. The predicted octanol–water partition coefficient (Wildman–Crippen LogP) is 3.88. The van der Waals surface area contributed by atoms with Gasteiger partial charge in [0.1, 0.15) is 5.82 Å². The summed E-state index contributed by atoms with van der Waals surface area (Å²) in [5, 5.41) is 4.50. The SMILES string of the molecule is Cc1cc(-c2ccc(F)cc2)n(CCCc2ccc(S(=O)(=O)O)cc2)n1. The van der Waals surface area contributed by atoms with Crippen LogP contribution in [-0.2, 0) is 23.1 Å². The smallest absolute Gasteiger partial charge is 0.282 e. The minimum absolute atomic E-state index is 0.109. The minimum atomic E-state index is -4.16. The number of aromatic nitrogens is 2. The lowest BCUT2D eigenvalue weighted by Crippen LogP contribution is -2.04. The number of benzene rings is 2. The molecule has 0 saturated carbocycles. The second-order valence-electron chi connectivity index (χ2n) is 6.12. The highest BCUT2D eigenvalue weighted by Crippen LogP contribution is 2.21. The van der Waals surface area contributed by atoms with Gasteiger partial charge in [-0.3, -0.25) is 9.23 Å². The van der Waals surface area contributed by atoms with Gasteiger partial charge < -0.3 is 0 Å². The third kappa shape index (κ3) is 4.36. The quantitative estimate of drug-likeness (QED) is 0.665. The van der Waals surface area contributed by atoms with Gasteiger partial charge in [0.05, 0.1) is 16.3 Å². The van der Waals surface area contributed by atoms with Crippen LogP contribution in [-0.4, -0.2) is 22.8 Å². The Kier molecular flexibility index (Phi) is 5.20. The van der Waals surface area contributed by atoms with Crippen LogP contribution in [0.5, 0.6) is 0 Å². The van der Waals surface area contributed by atoms with E-state index in [1.165, 1.54) is 24.3 Å². The molecule has 1 N–H and O–H groups in total. The standard InChI is InChI=1S/C19H19FN2O3S/c1-14-13-19(16-6-8-17(20)9-7-16)22(21-14)12-2-3-15-4-10-18(11-5-15)26(23,24)25/h4-11,13H,2-3,12H2,1H3,(H,23,24,25). The van der Waals surface area contributed by atoms with Crippen molar-refractivity contribution in [2.24, 2.45) is 0 Å². The van der Waals surface area contributed by atoms with Crippen molar-refractivity contribution in [3.8, 4) is 11.3 Å². The van der Waals surface area contributed by atoms with Crippen molar-refractivity contribution in [2.45, 2.75) is 31.2 Å². The number of rotatable bonds is 6. The molecule has 136 valence electrons. The molecule has 0 bridgehead atoms. The fraction of sp³-hybridized carbons (Fsp3) is 0.211. The van der Waals surface area contributed by atoms with E-state index >= 15 is 0 Å². The molecule has 0 fully saturated rings. The topological polar surface area (TPSA) is 72.2 Å². The Bertz CT molecular complexity index is 994. The van der Waals surface area contributed by atoms with Crippen molar-refractivity contribution in [1.82, 2.24) is 9.78 Å². The molecule has 0 atom stereocenters. The molecule has 0 saturated heterocycles. The van der Waals surface area contributed by atoms with Crippen molar-refractivity contribution in [3.05, 3.63) is 71.7 Å². The van der Waals surface area contributed by atoms with Crippen molar-refractivity contribution < 1.29 is 17.4 Å². The molecule has 0 aliphatic heterocycles. The lowest BCUT2D eigenvalue weighted by molar-refractivity contribution is 0.483. The second kappa shape index (κ2) is 7.39. The number of hydrogen-bond donors (Lipinski definition) is 1. The summed E-state index contributed by atoms with van der Waals surface area (Å²) in [6.45, 7) is 2.60. The van der Waals surface area contributed by atoms with Crippen molar-refractivity contribution >= 4 is 10.1 Å². The van der Waals surface area contributed by atoms with E-state index in [1.807, 2.05) is 17.7 Å². The third-order valence-corrected chi connectivity index (χ3v) is 4.97. The molecule has 0 aliphatic rings. The first-order valence-corrected chi connectivity index (χ1v) is 9.64. The van der Waals surface area contributed by atoms with Crippen LogP contribution in [0.1, 0.15) is 17.7 Å². The van der Waals surface area contributed by atoms with Gasteiger partial charge in [0.25, 0.3) is 10.1 Å². The minimum Gasteiger partial charge on any atom is -0.282 e. The molecule has 2 aromatic carbocycles. The zero-order chi connectivity index (χ0) is 18.7. The molecule has 3 rings (SSSR count). The maximum absolute atomic E-state index is 13.1. The highest BCUT2D eigenvalue weighted by molar-refractivity contribution is 7.85. The fourth-order valence-electron chi connectivity index (χ4n) is 2.83. The molecule has 0 spiro atoms. The number of aryl methyl sites for hydroxylation is 3. The molecule has 3 aromatic rings. The molecule has 5 nitrogen and oxygen atoms in total. The molecule has 7 heteroatoms. The monoisotopic (exact) mass is 374 g/mol. The van der Waals surface area contributed by atoms with Crippen LogP contribution in [0, 0.1) is 12.7 Å². The van der Waals surface area contributed by atoms with Gasteiger partial charge in [0, 0.05) is 6.54 Å². The highest BCUT2D eigenvalue weighted by Gasteiger charge is 2.10. The molecule has 1 aromatic heterocycles. The van der Waals surface area contributed by atoms with Gasteiger partial charge in [-0.1, -0.05) is 12.1 Å². The maximum atomic E-state index is 13.1. The summed E-state index contributed by atoms with van der Waals surface area (Å²) in [6, 6.07) is 14.5. The summed E-state index contributed by atoms with van der Waals surface area (Å²) >= 11 is 0. The molecule has 0 unspecified atom stereocenters. The Labute approximate surface area is 151 Å². The van der Waals surface area contributed by atoms with Crippen LogP contribution in [0.3, 0.4) is 0 Å². The summed E-state index contributed by atoms with van der Waals surface area (Å²) in [7, 11) is -4.16. The lowest BCUT2D eigenvalue weighted by Gasteiger charge is -2.08. The van der Waals surface area contributed by atoms with Crippen LogP contribution in [0.2, 0.25) is 0 Å². The number of nitrogens with zero attached hydrogens (tertiary/aromatic N) is 2. The average molecular weight is 374 g/mol. The molecule has 0 radical (unpaired) electrons. The van der Waals surface area contributed by atoms with E-state index in [1.54, 1.807) is 24.3 Å². The van der Waals surface area contributed by atoms with Gasteiger partial charge in [0.15, 0.2) is 0 Å². The van der Waals surface area contributed by atoms with Gasteiger partial charge in [0.2, 0.25) is 0 Å². The van der Waals surface area contributed by atoms with Crippen molar-refractivity contribution in [1.29, 1.82) is 0 Å². The van der Waals surface area contributed by atoms with Crippen molar-refractivity contribution in [3.63, 3.8) is 0 Å². The summed E-state index contributed by atoms with van der Waals surface area (Å²) in [5.41, 5.74) is 3.71. The average Bonchev–Trinajstić information content (AvgIpc) is 2.96. The van der Waals surface area contributed by atoms with E-state index < -0.39 is 10.1 Å². The van der Waals surface area contributed by atoms with E-state index in [0.717, 1.165) is 35.4 Å². The van der Waals surface area contributed by atoms with Crippen LogP contribution in [0.25, 0.3) is 11.3 Å². The van der Waals surface area contributed by atoms with E-state index in [-0.39, 0.29) is 10.7 Å². The Morgan fingerprint density at radius 3 is 2.35 bits per heavy atom. The van der Waals surface area contributed by atoms with Gasteiger partial charge in [-0.25, -0.2) is 4.39 Å². The largest absolute Gasteiger partial charge is 0.294 e. The summed E-state index contributed by atoms with van der Waals surface area (Å²) in [6.07, 6.45) is 1.55. The first-order chi connectivity index (χ1) is 12.3. The van der Waals surface area contributed by atoms with Gasteiger partial charge >= 0.3 is 0 Å². The van der Waals surface area contributed by atoms with Crippen LogP contribution in [0.4, 0.5) is 4.39 Å². The Balaban J connectivity index is 1.68. The fourth-order valence-corrected chi connectivity index (χ4v) is 3.31. The molecule has 0 amide bonds. The second-order valence-corrected chi connectivity index (χ2v) is 7.55. The van der Waals surface area contributed by atoms with Crippen molar-refractivity contribution in [2.75, 3.05) is 0 Å². The van der Waals surface area contributed by atoms with Gasteiger partial charge in [-0.05, 0) is 73.4 Å². The van der Waals surface area contributed by atoms with Crippen LogP contribution >= 0.6 is 0 Å². The zero-order valence-electron chi connectivity index (χ0n) is 14.3. The summed E-state index contributed by atoms with van der Waals surface area (Å²) < 4.78 is 46.1. The van der Waals surface area contributed by atoms with E-state index in [0.29, 0.717) is 6.54 Å². The lowest BCUT2D eigenvalue weighted by atomic mass is 10.1. The number of halogens is 1. The van der Waals surface area contributed by atoms with E-state index in [9.17, 15) is 12.8 Å². The summed E-state index contributed by atoms with van der Waals surface area (Å²) in [5.74, 6) is -0.273. The first-order valence-electron chi connectivity index (χ1n) is 8.20. The van der Waals surface area contributed by atoms with E-state index in [2.05, 4.69) is 5.10 Å². The van der Waals surface area contributed by atoms with Crippen LogP contribution < -0.4 is 0 Å². The zero-order valence-corrected chi connectivity index (χ0v) is 15.1.